The van der Waals surface area contributed by atoms with Crippen LogP contribution in [0.4, 0.5) is 5.82 Å². The second-order valence-corrected chi connectivity index (χ2v) is 8.91. The summed E-state index contributed by atoms with van der Waals surface area (Å²) in [5, 5.41) is 18.3. The SMILES string of the molecule is Cn1cc(-c2cc(-c3ccc(N4CCN(C(=O)c5ccccn5)CC4)nc3)c3c(C#N)cnn3c2)cn1. The number of aromatic nitrogens is 6. The normalized spacial score (nSPS) is 13.6. The number of nitrogens with zero attached hydrogens (tertiary/aromatic N) is 9. The van der Waals surface area contributed by atoms with Gasteiger partial charge in [0.05, 0.1) is 23.5 Å². The second-order valence-electron chi connectivity index (χ2n) is 8.91. The summed E-state index contributed by atoms with van der Waals surface area (Å²) in [6.45, 7) is 2.58. The fourth-order valence-corrected chi connectivity index (χ4v) is 4.67. The maximum absolute atomic E-state index is 12.7. The molecule has 0 saturated carbocycles. The van der Waals surface area contributed by atoms with Crippen molar-refractivity contribution in [1.29, 1.82) is 5.26 Å². The fourth-order valence-electron chi connectivity index (χ4n) is 4.67. The van der Waals surface area contributed by atoms with Gasteiger partial charge in [-0.3, -0.25) is 14.5 Å². The van der Waals surface area contributed by atoms with Crippen molar-refractivity contribution in [2.45, 2.75) is 0 Å². The molecule has 0 spiro atoms. The first-order chi connectivity index (χ1) is 18.1. The summed E-state index contributed by atoms with van der Waals surface area (Å²) in [6, 6.07) is 13.7. The number of rotatable bonds is 4. The summed E-state index contributed by atoms with van der Waals surface area (Å²) in [6.07, 6.45) is 10.7. The van der Waals surface area contributed by atoms with E-state index in [2.05, 4.69) is 26.2 Å². The van der Waals surface area contributed by atoms with Gasteiger partial charge in [-0.1, -0.05) is 6.07 Å². The lowest BCUT2D eigenvalue weighted by atomic mass is 10.0. The topological polar surface area (TPSA) is 108 Å². The highest BCUT2D eigenvalue weighted by atomic mass is 16.2. The highest BCUT2D eigenvalue weighted by Crippen LogP contribution is 2.32. The minimum Gasteiger partial charge on any atom is -0.353 e. The average molecular weight is 490 g/mol. The molecule has 0 atom stereocenters. The Bertz CT molecular complexity index is 1620. The molecule has 1 saturated heterocycles. The van der Waals surface area contributed by atoms with Gasteiger partial charge < -0.3 is 9.80 Å². The molecule has 6 heterocycles. The Balaban J connectivity index is 1.26. The van der Waals surface area contributed by atoms with E-state index < -0.39 is 0 Å². The van der Waals surface area contributed by atoms with Gasteiger partial charge >= 0.3 is 0 Å². The third-order valence-corrected chi connectivity index (χ3v) is 6.60. The number of piperazine rings is 1. The van der Waals surface area contributed by atoms with E-state index in [4.69, 9.17) is 4.98 Å². The third kappa shape index (κ3) is 4.16. The van der Waals surface area contributed by atoms with Gasteiger partial charge in [-0.15, -0.1) is 0 Å². The highest BCUT2D eigenvalue weighted by molar-refractivity contribution is 5.92. The van der Waals surface area contributed by atoms with E-state index in [0.717, 1.165) is 33.6 Å². The molecule has 0 N–H and O–H groups in total. The Hall–Kier alpha value is -5.04. The molecule has 5 aromatic rings. The lowest BCUT2D eigenvalue weighted by Gasteiger charge is -2.35. The highest BCUT2D eigenvalue weighted by Gasteiger charge is 2.23. The van der Waals surface area contributed by atoms with Crippen LogP contribution in [0.2, 0.25) is 0 Å². The number of anilines is 1. The Kier molecular flexibility index (Phi) is 5.58. The van der Waals surface area contributed by atoms with Crippen LogP contribution in [0.25, 0.3) is 27.8 Å². The minimum absolute atomic E-state index is 0.0461. The molecular weight excluding hydrogens is 466 g/mol. The number of fused-ring (bicyclic) bond motifs is 1. The van der Waals surface area contributed by atoms with Crippen molar-refractivity contribution in [1.82, 2.24) is 34.3 Å². The first-order valence-corrected chi connectivity index (χ1v) is 11.9. The zero-order chi connectivity index (χ0) is 25.4. The maximum Gasteiger partial charge on any atom is 0.272 e. The van der Waals surface area contributed by atoms with E-state index in [9.17, 15) is 10.1 Å². The fraction of sp³-hybridized carbons (Fsp3) is 0.185. The van der Waals surface area contributed by atoms with E-state index >= 15 is 0 Å². The predicted molar refractivity (Wildman–Crippen MR) is 138 cm³/mol. The van der Waals surface area contributed by atoms with Gasteiger partial charge in [0.15, 0.2) is 0 Å². The molecule has 10 nitrogen and oxygen atoms in total. The number of carbonyl (C=O) groups excluding carboxylic acids is 1. The van der Waals surface area contributed by atoms with Crippen LogP contribution < -0.4 is 4.90 Å². The first kappa shape index (κ1) is 22.4. The van der Waals surface area contributed by atoms with Gasteiger partial charge in [0.2, 0.25) is 0 Å². The lowest BCUT2D eigenvalue weighted by molar-refractivity contribution is 0.0740. The van der Waals surface area contributed by atoms with Crippen molar-refractivity contribution in [3.8, 4) is 28.3 Å². The summed E-state index contributed by atoms with van der Waals surface area (Å²) >= 11 is 0. The standard InChI is InChI=1S/C27H23N9O/c1-33-17-22(16-31-33)20-12-23(26-21(13-28)15-32-36(26)18-20)19-5-6-25(30-14-19)34-8-10-35(11-9-34)27(37)24-4-2-3-7-29-24/h2-7,12,14-18H,8-11H2,1H3. The molecule has 1 aliphatic heterocycles. The number of hydrogen-bond acceptors (Lipinski definition) is 7. The molecule has 1 amide bonds. The molecule has 0 aromatic carbocycles. The van der Waals surface area contributed by atoms with Crippen molar-refractivity contribution >= 4 is 17.2 Å². The van der Waals surface area contributed by atoms with Crippen molar-refractivity contribution in [3.63, 3.8) is 0 Å². The zero-order valence-corrected chi connectivity index (χ0v) is 20.2. The van der Waals surface area contributed by atoms with Gasteiger partial charge in [-0.05, 0) is 30.3 Å². The molecule has 37 heavy (non-hydrogen) atoms. The number of nitriles is 1. The van der Waals surface area contributed by atoms with E-state index in [1.165, 1.54) is 0 Å². The molecular formula is C27H23N9O. The molecule has 182 valence electrons. The summed E-state index contributed by atoms with van der Waals surface area (Å²) < 4.78 is 3.49. The van der Waals surface area contributed by atoms with Crippen molar-refractivity contribution in [3.05, 3.63) is 84.8 Å². The van der Waals surface area contributed by atoms with E-state index in [0.29, 0.717) is 37.4 Å². The van der Waals surface area contributed by atoms with E-state index in [-0.39, 0.29) is 5.91 Å². The number of hydrogen-bond donors (Lipinski definition) is 0. The molecule has 5 aromatic heterocycles. The Morgan fingerprint density at radius 3 is 2.46 bits per heavy atom. The van der Waals surface area contributed by atoms with Crippen LogP contribution in [0.5, 0.6) is 0 Å². The number of amides is 1. The Labute approximate surface area is 213 Å². The summed E-state index contributed by atoms with van der Waals surface area (Å²) in [5.74, 6) is 0.803. The van der Waals surface area contributed by atoms with Gasteiger partial charge in [-0.2, -0.15) is 15.5 Å². The molecule has 1 aliphatic rings. The largest absolute Gasteiger partial charge is 0.353 e. The van der Waals surface area contributed by atoms with Gasteiger partial charge in [-0.25, -0.2) is 9.50 Å². The predicted octanol–water partition coefficient (Wildman–Crippen LogP) is 3.03. The Morgan fingerprint density at radius 1 is 0.919 bits per heavy atom. The quantitative estimate of drug-likeness (QED) is 0.382. The maximum atomic E-state index is 12.7. The number of carbonyl (C=O) groups is 1. The van der Waals surface area contributed by atoms with Gasteiger partial charge in [0.25, 0.3) is 5.91 Å². The van der Waals surface area contributed by atoms with Crippen LogP contribution in [-0.2, 0) is 7.05 Å². The van der Waals surface area contributed by atoms with E-state index in [1.807, 2.05) is 54.8 Å². The third-order valence-electron chi connectivity index (χ3n) is 6.60. The van der Waals surface area contributed by atoms with Gasteiger partial charge in [0, 0.05) is 80.3 Å². The smallest absolute Gasteiger partial charge is 0.272 e. The molecule has 6 rings (SSSR count). The first-order valence-electron chi connectivity index (χ1n) is 11.9. The summed E-state index contributed by atoms with van der Waals surface area (Å²) in [4.78, 5) is 25.6. The Morgan fingerprint density at radius 2 is 1.78 bits per heavy atom. The monoisotopic (exact) mass is 489 g/mol. The zero-order valence-electron chi connectivity index (χ0n) is 20.2. The van der Waals surface area contributed by atoms with Crippen LogP contribution in [0.1, 0.15) is 16.1 Å². The molecule has 0 aliphatic carbocycles. The lowest BCUT2D eigenvalue weighted by Crippen LogP contribution is -2.49. The van der Waals surface area contributed by atoms with Crippen LogP contribution in [-0.4, -0.2) is 66.3 Å². The van der Waals surface area contributed by atoms with Crippen molar-refractivity contribution in [2.75, 3.05) is 31.1 Å². The molecule has 0 bridgehead atoms. The van der Waals surface area contributed by atoms with Crippen LogP contribution in [0, 0.1) is 11.3 Å². The number of aryl methyl sites for hydroxylation is 1. The molecule has 1 fully saturated rings. The van der Waals surface area contributed by atoms with Crippen LogP contribution >= 0.6 is 0 Å². The second kappa shape index (κ2) is 9.20. The van der Waals surface area contributed by atoms with Crippen LogP contribution in [0.3, 0.4) is 0 Å². The molecule has 0 radical (unpaired) electrons. The van der Waals surface area contributed by atoms with E-state index in [1.54, 1.807) is 39.9 Å². The average Bonchev–Trinajstić information content (AvgIpc) is 3.59. The summed E-state index contributed by atoms with van der Waals surface area (Å²) in [7, 11) is 1.88. The molecule has 10 heteroatoms. The van der Waals surface area contributed by atoms with Crippen LogP contribution in [0.15, 0.2) is 73.6 Å². The summed E-state index contributed by atoms with van der Waals surface area (Å²) in [5.41, 5.74) is 5.38. The number of pyridine rings is 3. The van der Waals surface area contributed by atoms with Gasteiger partial charge in [0.1, 0.15) is 17.6 Å². The van der Waals surface area contributed by atoms with Crippen molar-refractivity contribution in [2.24, 2.45) is 7.05 Å². The molecule has 0 unspecified atom stereocenters. The van der Waals surface area contributed by atoms with Crippen molar-refractivity contribution < 1.29 is 4.79 Å². The minimum atomic E-state index is -0.0461.